The largest absolute Gasteiger partial charge is 0.435 e. The summed E-state index contributed by atoms with van der Waals surface area (Å²) in [6.07, 6.45) is 5.04. The van der Waals surface area contributed by atoms with Crippen LogP contribution in [0.3, 0.4) is 0 Å². The van der Waals surface area contributed by atoms with Crippen LogP contribution in [0, 0.1) is 0 Å². The van der Waals surface area contributed by atoms with Crippen LogP contribution < -0.4 is 9.64 Å². The van der Waals surface area contributed by atoms with E-state index in [1.165, 1.54) is 29.8 Å². The number of Topliss-reactive ketones (excluding diaryl/α,β-unsaturated/α-hetero) is 1. The van der Waals surface area contributed by atoms with E-state index in [0.29, 0.717) is 5.56 Å². The fourth-order valence-electron chi connectivity index (χ4n) is 3.38. The summed E-state index contributed by atoms with van der Waals surface area (Å²) in [7, 11) is 0. The number of ether oxygens (including phenoxy) is 1. The van der Waals surface area contributed by atoms with Gasteiger partial charge in [-0.15, -0.1) is 17.0 Å². The Balaban J connectivity index is 0.00000320. The zero-order chi connectivity index (χ0) is 20.6. The van der Waals surface area contributed by atoms with E-state index in [2.05, 4.69) is 23.8 Å². The minimum absolute atomic E-state index is 0. The van der Waals surface area contributed by atoms with Gasteiger partial charge >= 0.3 is 6.61 Å². The van der Waals surface area contributed by atoms with Crippen LogP contribution in [0.5, 0.6) is 5.75 Å². The number of halogens is 3. The Bertz CT molecular complexity index is 839. The lowest BCUT2D eigenvalue weighted by molar-refractivity contribution is -0.0498. The van der Waals surface area contributed by atoms with Crippen molar-refractivity contribution >= 4 is 34.3 Å². The van der Waals surface area contributed by atoms with Crippen molar-refractivity contribution in [1.29, 1.82) is 0 Å². The van der Waals surface area contributed by atoms with E-state index >= 15 is 0 Å². The van der Waals surface area contributed by atoms with Gasteiger partial charge in [0.15, 0.2) is 5.78 Å². The molecule has 0 radical (unpaired) electrons. The Kier molecular flexibility index (Phi) is 9.43. The predicted molar refractivity (Wildman–Crippen MR) is 122 cm³/mol. The first-order valence-electron chi connectivity index (χ1n) is 10.0. The van der Waals surface area contributed by atoms with Crippen molar-refractivity contribution in [3.05, 3.63) is 59.7 Å². The van der Waals surface area contributed by atoms with Crippen molar-refractivity contribution in [2.45, 2.75) is 45.6 Å². The molecule has 2 aromatic rings. The van der Waals surface area contributed by atoms with Crippen LogP contribution in [0.15, 0.2) is 53.5 Å². The molecule has 0 saturated heterocycles. The Morgan fingerprint density at radius 1 is 1.07 bits per heavy atom. The van der Waals surface area contributed by atoms with Crippen molar-refractivity contribution < 1.29 is 18.3 Å². The number of aryl methyl sites for hydroxylation is 1. The number of amidine groups is 1. The molecule has 0 spiro atoms. The number of benzene rings is 2. The number of ketones is 1. The monoisotopic (exact) mass is 480 g/mol. The summed E-state index contributed by atoms with van der Waals surface area (Å²) in [5.41, 5.74) is 2.63. The van der Waals surface area contributed by atoms with E-state index < -0.39 is 6.61 Å². The average molecular weight is 481 g/mol. The quantitative estimate of drug-likeness (QED) is 0.450. The van der Waals surface area contributed by atoms with Crippen LogP contribution in [0.1, 0.15) is 48.5 Å². The summed E-state index contributed by atoms with van der Waals surface area (Å²) >= 11 is 0. The number of rotatable bonds is 7. The van der Waals surface area contributed by atoms with Crippen molar-refractivity contribution in [2.24, 2.45) is 4.99 Å². The maximum Gasteiger partial charge on any atom is 0.387 e. The minimum atomic E-state index is -2.88. The summed E-state index contributed by atoms with van der Waals surface area (Å²) in [5.74, 6) is 0.870. The number of aliphatic imine (C=N–C) groups is 1. The molecule has 0 unspecified atom stereocenters. The molecule has 4 nitrogen and oxygen atoms in total. The molecule has 0 fully saturated rings. The number of anilines is 1. The van der Waals surface area contributed by atoms with Gasteiger partial charge in [-0.05, 0) is 61.2 Å². The molecule has 7 heteroatoms. The van der Waals surface area contributed by atoms with Crippen molar-refractivity contribution in [2.75, 3.05) is 18.0 Å². The molecular formula is C23H27BrF2N2O2. The van der Waals surface area contributed by atoms with Gasteiger partial charge in [-0.2, -0.15) is 8.78 Å². The summed E-state index contributed by atoms with van der Waals surface area (Å²) in [4.78, 5) is 19.6. The van der Waals surface area contributed by atoms with Gasteiger partial charge in [0.05, 0.1) is 6.54 Å². The third kappa shape index (κ3) is 6.62. The third-order valence-electron chi connectivity index (χ3n) is 5.02. The minimum Gasteiger partial charge on any atom is -0.435 e. The van der Waals surface area contributed by atoms with E-state index in [0.717, 1.165) is 50.2 Å². The fourth-order valence-corrected chi connectivity index (χ4v) is 3.38. The molecule has 0 bridgehead atoms. The van der Waals surface area contributed by atoms with E-state index in [1.807, 2.05) is 17.0 Å². The van der Waals surface area contributed by atoms with E-state index in [-0.39, 0.29) is 35.1 Å². The Labute approximate surface area is 186 Å². The maximum absolute atomic E-state index is 12.9. The molecule has 1 heterocycles. The molecule has 0 saturated carbocycles. The fraction of sp³-hybridized carbons (Fsp3) is 0.391. The van der Waals surface area contributed by atoms with E-state index in [4.69, 9.17) is 4.99 Å². The first kappa shape index (κ1) is 24.0. The smallest absolute Gasteiger partial charge is 0.387 e. The molecule has 0 atom stereocenters. The first-order chi connectivity index (χ1) is 14.1. The van der Waals surface area contributed by atoms with E-state index in [9.17, 15) is 13.6 Å². The topological polar surface area (TPSA) is 41.9 Å². The number of hydrogen-bond acceptors (Lipinski definition) is 4. The highest BCUT2D eigenvalue weighted by atomic mass is 79.9. The standard InChI is InChI=1S/C23H26F2N2O2.BrH/c1-2-17-7-11-19(12-8-17)27(22-6-4-3-5-15-26-22)16-21(28)18-9-13-20(14-10-18)29-23(24)25;/h7-14,23H,2-6,15-16H2,1H3;1H. The highest BCUT2D eigenvalue weighted by Gasteiger charge is 2.20. The van der Waals surface area contributed by atoms with Crippen LogP contribution in [0.4, 0.5) is 14.5 Å². The Hall–Kier alpha value is -2.28. The second-order valence-electron chi connectivity index (χ2n) is 7.04. The lowest BCUT2D eigenvalue weighted by Crippen LogP contribution is -2.36. The Morgan fingerprint density at radius 3 is 2.40 bits per heavy atom. The lowest BCUT2D eigenvalue weighted by Gasteiger charge is -2.26. The zero-order valence-corrected chi connectivity index (χ0v) is 18.7. The highest BCUT2D eigenvalue weighted by Crippen LogP contribution is 2.22. The van der Waals surface area contributed by atoms with Gasteiger partial charge in [-0.25, -0.2) is 0 Å². The van der Waals surface area contributed by atoms with Gasteiger partial charge in [0.1, 0.15) is 11.6 Å². The summed E-state index contributed by atoms with van der Waals surface area (Å²) < 4.78 is 29.0. The molecule has 0 aliphatic carbocycles. The third-order valence-corrected chi connectivity index (χ3v) is 5.02. The summed E-state index contributed by atoms with van der Waals surface area (Å²) in [6.45, 7) is 0.144. The molecule has 30 heavy (non-hydrogen) atoms. The van der Waals surface area contributed by atoms with Gasteiger partial charge < -0.3 is 9.64 Å². The molecular weight excluding hydrogens is 454 g/mol. The number of hydrogen-bond donors (Lipinski definition) is 0. The molecule has 0 aromatic heterocycles. The van der Waals surface area contributed by atoms with Gasteiger partial charge in [-0.1, -0.05) is 25.5 Å². The lowest BCUT2D eigenvalue weighted by atomic mass is 10.1. The van der Waals surface area contributed by atoms with Crippen LogP contribution in [0.25, 0.3) is 0 Å². The predicted octanol–water partition coefficient (Wildman–Crippen LogP) is 6.09. The van der Waals surface area contributed by atoms with Gasteiger partial charge in [0.25, 0.3) is 0 Å². The maximum atomic E-state index is 12.9. The van der Waals surface area contributed by atoms with E-state index in [1.54, 1.807) is 0 Å². The molecule has 0 N–H and O–H groups in total. The molecule has 1 aliphatic heterocycles. The van der Waals surface area contributed by atoms with Crippen molar-refractivity contribution in [1.82, 2.24) is 0 Å². The first-order valence-corrected chi connectivity index (χ1v) is 10.0. The molecule has 3 rings (SSSR count). The number of alkyl halides is 2. The molecule has 1 aliphatic rings. The molecule has 0 amide bonds. The number of nitrogens with zero attached hydrogens (tertiary/aromatic N) is 2. The average Bonchev–Trinajstić information content (AvgIpc) is 3.01. The van der Waals surface area contributed by atoms with Crippen LogP contribution in [-0.4, -0.2) is 31.3 Å². The van der Waals surface area contributed by atoms with Crippen molar-refractivity contribution in [3.8, 4) is 5.75 Å². The van der Waals surface area contributed by atoms with Gasteiger partial charge in [0, 0.05) is 24.2 Å². The molecule has 2 aromatic carbocycles. The van der Waals surface area contributed by atoms with Crippen LogP contribution in [0.2, 0.25) is 0 Å². The van der Waals surface area contributed by atoms with Crippen LogP contribution >= 0.6 is 17.0 Å². The van der Waals surface area contributed by atoms with Gasteiger partial charge in [0.2, 0.25) is 0 Å². The number of carbonyl (C=O) groups excluding carboxylic acids is 1. The van der Waals surface area contributed by atoms with Crippen LogP contribution in [-0.2, 0) is 6.42 Å². The zero-order valence-electron chi connectivity index (χ0n) is 17.0. The summed E-state index contributed by atoms with van der Waals surface area (Å²) in [5, 5.41) is 0. The normalized spacial score (nSPS) is 13.8. The van der Waals surface area contributed by atoms with Gasteiger partial charge in [-0.3, -0.25) is 9.79 Å². The highest BCUT2D eigenvalue weighted by molar-refractivity contribution is 8.93. The Morgan fingerprint density at radius 2 is 1.77 bits per heavy atom. The molecule has 162 valence electrons. The van der Waals surface area contributed by atoms with Crippen molar-refractivity contribution in [3.63, 3.8) is 0 Å². The SMILES string of the molecule is Br.CCc1ccc(N(CC(=O)c2ccc(OC(F)F)cc2)C2=NCCCCC2)cc1. The number of carbonyl (C=O) groups is 1. The second kappa shape index (κ2) is 11.8. The summed E-state index contributed by atoms with van der Waals surface area (Å²) in [6, 6.07) is 14.0. The second-order valence-corrected chi connectivity index (χ2v) is 7.04.